The molecule has 0 rings (SSSR count). The molecule has 0 aliphatic heterocycles. The van der Waals surface area contributed by atoms with Crippen LogP contribution in [0.2, 0.25) is 0 Å². The second kappa shape index (κ2) is 8.87. The van der Waals surface area contributed by atoms with E-state index >= 15 is 0 Å². The molecule has 0 aromatic rings. The van der Waals surface area contributed by atoms with E-state index in [4.69, 9.17) is 0 Å². The summed E-state index contributed by atoms with van der Waals surface area (Å²) in [5, 5.41) is 0. The minimum Gasteiger partial charge on any atom is -0.369 e. The molecule has 0 aliphatic rings. The molecule has 0 heterocycles. The van der Waals surface area contributed by atoms with Gasteiger partial charge in [-0.25, -0.2) is 0 Å². The largest absolute Gasteiger partial charge is 1.00 e. The summed E-state index contributed by atoms with van der Waals surface area (Å²) < 4.78 is 0. The van der Waals surface area contributed by atoms with Crippen molar-refractivity contribution in [2.24, 2.45) is 0 Å². The summed E-state index contributed by atoms with van der Waals surface area (Å²) in [6, 6.07) is 0. The Labute approximate surface area is 50.9 Å². The van der Waals surface area contributed by atoms with Gasteiger partial charge in [0.05, 0.1) is 0 Å². The van der Waals surface area contributed by atoms with Crippen LogP contribution in [0, 0.1) is 5.75 Å². The minimum absolute atomic E-state index is 0. The van der Waals surface area contributed by atoms with Crippen LogP contribution in [0.3, 0.4) is 0 Å². The monoisotopic (exact) mass is 82.0 g/mol. The van der Waals surface area contributed by atoms with Gasteiger partial charge in [0.1, 0.15) is 0 Å². The molecular formula is C3H7LiS. The molecule has 0 amide bonds. The summed E-state index contributed by atoms with van der Waals surface area (Å²) in [7, 11) is 0. The van der Waals surface area contributed by atoms with Crippen LogP contribution in [-0.4, -0.2) is 0 Å². The fraction of sp³-hybridized carbons (Fsp3) is 0.667. The van der Waals surface area contributed by atoms with Crippen LogP contribution in [0.15, 0.2) is 0 Å². The van der Waals surface area contributed by atoms with E-state index < -0.39 is 0 Å². The van der Waals surface area contributed by atoms with Crippen LogP contribution in [0.1, 0.15) is 13.3 Å². The average Bonchev–Trinajstić information content (AvgIpc) is 1.37. The molecule has 0 aromatic heterocycles. The van der Waals surface area contributed by atoms with E-state index in [9.17, 15) is 0 Å². The SMILES string of the molecule is CC[CH-]S.[Li+]. The Balaban J connectivity index is 0. The first-order valence-corrected chi connectivity index (χ1v) is 1.89. The molecule has 0 aromatic carbocycles. The third-order valence-corrected chi connectivity index (χ3v) is 0.548. The molecule has 0 radical (unpaired) electrons. The Bertz CT molecular complexity index is 8.85. The molecule has 2 heteroatoms. The van der Waals surface area contributed by atoms with Gasteiger partial charge in [0, 0.05) is 0 Å². The fourth-order valence-electron chi connectivity index (χ4n) is 0. The summed E-state index contributed by atoms with van der Waals surface area (Å²) in [5.41, 5.74) is 0. The van der Waals surface area contributed by atoms with Crippen molar-refractivity contribution < 1.29 is 18.9 Å². The van der Waals surface area contributed by atoms with E-state index in [2.05, 4.69) is 12.6 Å². The molecule has 0 fully saturated rings. The second-order valence-corrected chi connectivity index (χ2v) is 0.956. The van der Waals surface area contributed by atoms with Crippen LogP contribution in [0.25, 0.3) is 0 Å². The van der Waals surface area contributed by atoms with E-state index in [0.717, 1.165) is 6.42 Å². The van der Waals surface area contributed by atoms with Crippen molar-refractivity contribution in [3.05, 3.63) is 5.75 Å². The van der Waals surface area contributed by atoms with Gasteiger partial charge in [-0.2, -0.15) is 6.42 Å². The van der Waals surface area contributed by atoms with E-state index in [-0.39, 0.29) is 18.9 Å². The molecule has 0 unspecified atom stereocenters. The third-order valence-electron chi connectivity index (χ3n) is 0.183. The summed E-state index contributed by atoms with van der Waals surface area (Å²) in [4.78, 5) is 0. The Morgan fingerprint density at radius 2 is 2.00 bits per heavy atom. The van der Waals surface area contributed by atoms with Crippen molar-refractivity contribution in [2.45, 2.75) is 13.3 Å². The van der Waals surface area contributed by atoms with Crippen molar-refractivity contribution in [2.75, 3.05) is 0 Å². The van der Waals surface area contributed by atoms with Crippen molar-refractivity contribution in [1.29, 1.82) is 0 Å². The molecule has 0 aliphatic carbocycles. The Hall–Kier alpha value is 0.947. The summed E-state index contributed by atoms with van der Waals surface area (Å²) in [6.45, 7) is 2.05. The first kappa shape index (κ1) is 9.34. The van der Waals surface area contributed by atoms with E-state index in [1.165, 1.54) is 0 Å². The van der Waals surface area contributed by atoms with Crippen LogP contribution in [-0.2, 0) is 0 Å². The van der Waals surface area contributed by atoms with Gasteiger partial charge in [-0.05, 0) is 0 Å². The molecule has 0 spiro atoms. The molecule has 0 bridgehead atoms. The van der Waals surface area contributed by atoms with Crippen molar-refractivity contribution in [1.82, 2.24) is 0 Å². The van der Waals surface area contributed by atoms with E-state index in [0.29, 0.717) is 0 Å². The zero-order valence-corrected chi connectivity index (χ0v) is 4.63. The maximum atomic E-state index is 3.80. The number of rotatable bonds is 1. The smallest absolute Gasteiger partial charge is 0.369 e. The molecule has 0 saturated carbocycles. The van der Waals surface area contributed by atoms with Gasteiger partial charge in [-0.3, -0.25) is 5.75 Å². The zero-order chi connectivity index (χ0) is 3.41. The third kappa shape index (κ3) is 11.3. The first-order chi connectivity index (χ1) is 1.91. The predicted molar refractivity (Wildman–Crippen MR) is 23.6 cm³/mol. The van der Waals surface area contributed by atoms with E-state index in [1.807, 2.05) is 12.7 Å². The summed E-state index contributed by atoms with van der Waals surface area (Å²) in [5.74, 6) is 1.82. The van der Waals surface area contributed by atoms with Crippen LogP contribution in [0.5, 0.6) is 0 Å². The predicted octanol–water partition coefficient (Wildman–Crippen LogP) is -1.51. The zero-order valence-electron chi connectivity index (χ0n) is 3.73. The van der Waals surface area contributed by atoms with Crippen molar-refractivity contribution in [3.63, 3.8) is 0 Å². The molecule has 26 valence electrons. The molecule has 0 saturated heterocycles. The van der Waals surface area contributed by atoms with Gasteiger partial charge in [0.15, 0.2) is 0 Å². The standard InChI is InChI=1S/C3H7S.Li/c1-2-3-4;/h3-4H,2H2,1H3;/q-1;+1. The van der Waals surface area contributed by atoms with Gasteiger partial charge in [0.25, 0.3) is 0 Å². The summed E-state index contributed by atoms with van der Waals surface area (Å²) in [6.07, 6.45) is 1.06. The fourth-order valence-corrected chi connectivity index (χ4v) is 0. The molecule has 0 N–H and O–H groups in total. The Morgan fingerprint density at radius 3 is 2.00 bits per heavy atom. The topological polar surface area (TPSA) is 0 Å². The van der Waals surface area contributed by atoms with Gasteiger partial charge in [0.2, 0.25) is 0 Å². The summed E-state index contributed by atoms with van der Waals surface area (Å²) >= 11 is 3.80. The number of hydrogen-bond acceptors (Lipinski definition) is 1. The number of thiol groups is 1. The molecular weight excluding hydrogens is 75.0 g/mol. The van der Waals surface area contributed by atoms with Crippen LogP contribution < -0.4 is 18.9 Å². The minimum atomic E-state index is 0. The maximum Gasteiger partial charge on any atom is 1.00 e. The van der Waals surface area contributed by atoms with Crippen molar-refractivity contribution in [3.8, 4) is 0 Å². The normalized spacial score (nSPS) is 6.00. The molecule has 0 atom stereocenters. The average molecular weight is 82.1 g/mol. The Morgan fingerprint density at radius 1 is 1.80 bits per heavy atom. The number of hydrogen-bond donors (Lipinski definition) is 1. The molecule has 5 heavy (non-hydrogen) atoms. The first-order valence-electron chi connectivity index (χ1n) is 1.37. The maximum absolute atomic E-state index is 3.80. The second-order valence-electron chi connectivity index (χ2n) is 0.591. The molecule has 0 nitrogen and oxygen atoms in total. The van der Waals surface area contributed by atoms with Crippen LogP contribution in [0.4, 0.5) is 0 Å². The van der Waals surface area contributed by atoms with Crippen molar-refractivity contribution >= 4 is 12.6 Å². The van der Waals surface area contributed by atoms with Gasteiger partial charge in [-0.1, -0.05) is 6.92 Å². The van der Waals surface area contributed by atoms with Gasteiger partial charge in [-0.15, -0.1) is 0 Å². The quantitative estimate of drug-likeness (QED) is 0.222. The van der Waals surface area contributed by atoms with E-state index in [1.54, 1.807) is 0 Å². The van der Waals surface area contributed by atoms with Crippen LogP contribution >= 0.6 is 12.6 Å². The van der Waals surface area contributed by atoms with Gasteiger partial charge < -0.3 is 12.6 Å². The van der Waals surface area contributed by atoms with Gasteiger partial charge >= 0.3 is 18.9 Å². The Kier molecular flexibility index (Phi) is 16.6.